The number of carbonyl (C=O) groups is 1. The molecular formula is C20H22FNO2S. The number of rotatable bonds is 8. The molecule has 0 unspecified atom stereocenters. The molecule has 0 aliphatic rings. The number of amides is 1. The van der Waals surface area contributed by atoms with E-state index in [1.54, 1.807) is 29.7 Å². The molecule has 2 aromatic carbocycles. The van der Waals surface area contributed by atoms with E-state index in [0.29, 0.717) is 24.0 Å². The Bertz CT molecular complexity index is 717. The molecule has 0 fully saturated rings. The first-order valence-corrected chi connectivity index (χ1v) is 9.17. The maximum absolute atomic E-state index is 13.9. The highest BCUT2D eigenvalue weighted by molar-refractivity contribution is 8.01. The average Bonchev–Trinajstić information content (AvgIpc) is 2.60. The van der Waals surface area contributed by atoms with Crippen LogP contribution in [0.3, 0.4) is 0 Å². The molecule has 2 rings (SSSR count). The summed E-state index contributed by atoms with van der Waals surface area (Å²) in [6, 6.07) is 13.9. The lowest BCUT2D eigenvalue weighted by Crippen LogP contribution is -2.25. The van der Waals surface area contributed by atoms with E-state index in [0.717, 1.165) is 5.56 Å². The number of halogens is 1. The quantitative estimate of drug-likeness (QED) is 0.664. The predicted octanol–water partition coefficient (Wildman–Crippen LogP) is 5.14. The summed E-state index contributed by atoms with van der Waals surface area (Å²) in [6.07, 6.45) is 1.51. The van der Waals surface area contributed by atoms with Crippen molar-refractivity contribution in [3.8, 4) is 11.5 Å². The molecule has 0 spiro atoms. The minimum atomic E-state index is -0.402. The minimum Gasteiger partial charge on any atom is -0.454 e. The monoisotopic (exact) mass is 359 g/mol. The fourth-order valence-electron chi connectivity index (χ4n) is 1.95. The molecule has 3 nitrogen and oxygen atoms in total. The van der Waals surface area contributed by atoms with Crippen LogP contribution in [-0.2, 0) is 10.5 Å². The van der Waals surface area contributed by atoms with Crippen LogP contribution in [0.4, 0.5) is 4.39 Å². The summed E-state index contributed by atoms with van der Waals surface area (Å²) in [7, 11) is 0. The second-order valence-corrected chi connectivity index (χ2v) is 6.83. The largest absolute Gasteiger partial charge is 0.454 e. The zero-order valence-corrected chi connectivity index (χ0v) is 15.2. The van der Waals surface area contributed by atoms with E-state index in [9.17, 15) is 9.18 Å². The third-order valence-electron chi connectivity index (χ3n) is 3.22. The van der Waals surface area contributed by atoms with Crippen LogP contribution in [0.1, 0.15) is 19.4 Å². The molecule has 25 heavy (non-hydrogen) atoms. The van der Waals surface area contributed by atoms with Crippen LogP contribution in [-0.4, -0.2) is 12.5 Å². The minimum absolute atomic E-state index is 0.103. The van der Waals surface area contributed by atoms with Crippen LogP contribution in [0.15, 0.2) is 60.0 Å². The van der Waals surface area contributed by atoms with Crippen LogP contribution in [0.2, 0.25) is 0 Å². The van der Waals surface area contributed by atoms with Gasteiger partial charge in [-0.2, -0.15) is 0 Å². The highest BCUT2D eigenvalue weighted by Gasteiger charge is 2.06. The first-order valence-electron chi connectivity index (χ1n) is 8.12. The molecule has 0 heterocycles. The van der Waals surface area contributed by atoms with Crippen molar-refractivity contribution in [1.82, 2.24) is 5.32 Å². The topological polar surface area (TPSA) is 38.3 Å². The van der Waals surface area contributed by atoms with Gasteiger partial charge in [0.1, 0.15) is 5.75 Å². The van der Waals surface area contributed by atoms with Gasteiger partial charge in [0.15, 0.2) is 11.6 Å². The van der Waals surface area contributed by atoms with E-state index in [-0.39, 0.29) is 11.7 Å². The number of hydrogen-bond acceptors (Lipinski definition) is 3. The van der Waals surface area contributed by atoms with Crippen molar-refractivity contribution < 1.29 is 13.9 Å². The van der Waals surface area contributed by atoms with Gasteiger partial charge < -0.3 is 10.1 Å². The summed E-state index contributed by atoms with van der Waals surface area (Å²) < 4.78 is 19.5. The Morgan fingerprint density at radius 3 is 2.72 bits per heavy atom. The molecule has 1 amide bonds. The van der Waals surface area contributed by atoms with Crippen LogP contribution in [0.5, 0.6) is 11.5 Å². The first kappa shape index (κ1) is 19.1. The van der Waals surface area contributed by atoms with Gasteiger partial charge in [-0.1, -0.05) is 38.1 Å². The molecule has 0 aliphatic heterocycles. The van der Waals surface area contributed by atoms with Gasteiger partial charge in [-0.25, -0.2) is 4.39 Å². The van der Waals surface area contributed by atoms with Gasteiger partial charge in [0.25, 0.3) is 0 Å². The number of nitrogens with one attached hydrogen (secondary N) is 1. The summed E-state index contributed by atoms with van der Waals surface area (Å²) in [5.74, 6) is 1.33. The highest BCUT2D eigenvalue weighted by atomic mass is 32.2. The molecule has 1 N–H and O–H groups in total. The lowest BCUT2D eigenvalue weighted by Gasteiger charge is -2.08. The lowest BCUT2D eigenvalue weighted by atomic mass is 10.2. The lowest BCUT2D eigenvalue weighted by molar-refractivity contribution is -0.116. The molecule has 0 bridgehead atoms. The third kappa shape index (κ3) is 7.01. The summed E-state index contributed by atoms with van der Waals surface area (Å²) in [6.45, 7) is 4.75. The number of thioether (sulfide) groups is 1. The van der Waals surface area contributed by atoms with E-state index < -0.39 is 5.82 Å². The normalized spacial score (nSPS) is 11.0. The van der Waals surface area contributed by atoms with Crippen molar-refractivity contribution >= 4 is 17.7 Å². The van der Waals surface area contributed by atoms with Gasteiger partial charge in [0.2, 0.25) is 5.91 Å². The maximum Gasteiger partial charge on any atom is 0.244 e. The zero-order valence-electron chi connectivity index (χ0n) is 14.4. The Labute approximate surface area is 152 Å². The van der Waals surface area contributed by atoms with Crippen molar-refractivity contribution in [3.63, 3.8) is 0 Å². The molecule has 0 aromatic heterocycles. The van der Waals surface area contributed by atoms with E-state index in [1.807, 2.05) is 32.0 Å². The molecule has 132 valence electrons. The molecule has 0 atom stereocenters. The second kappa shape index (κ2) is 9.89. The van der Waals surface area contributed by atoms with Crippen molar-refractivity contribution in [3.05, 3.63) is 71.4 Å². The van der Waals surface area contributed by atoms with Gasteiger partial charge in [-0.3, -0.25) is 4.79 Å². The number of ether oxygens (including phenoxy) is 1. The Morgan fingerprint density at radius 1 is 1.24 bits per heavy atom. The standard InChI is InChI=1S/C20H22FNO2S/c1-15(2)13-22-20(23)10-11-25-14-16-8-9-18(21)19(12-16)24-17-6-4-3-5-7-17/h3-12,15H,13-14H2,1-2H3,(H,22,23)/b11-10-. The molecule has 0 saturated carbocycles. The highest BCUT2D eigenvalue weighted by Crippen LogP contribution is 2.27. The van der Waals surface area contributed by atoms with Gasteiger partial charge in [0, 0.05) is 18.4 Å². The molecule has 0 aliphatic carbocycles. The van der Waals surface area contributed by atoms with E-state index in [2.05, 4.69) is 5.32 Å². The second-order valence-electron chi connectivity index (χ2n) is 5.93. The third-order valence-corrected chi connectivity index (χ3v) is 4.05. The Balaban J connectivity index is 1.88. The number of carbonyl (C=O) groups excluding carboxylic acids is 1. The van der Waals surface area contributed by atoms with E-state index in [1.165, 1.54) is 23.9 Å². The summed E-state index contributed by atoms with van der Waals surface area (Å²) >= 11 is 1.47. The molecular weight excluding hydrogens is 337 g/mol. The van der Waals surface area contributed by atoms with Gasteiger partial charge >= 0.3 is 0 Å². The SMILES string of the molecule is CC(C)CNC(=O)/C=C\SCc1ccc(F)c(Oc2ccccc2)c1. The van der Waals surface area contributed by atoms with Gasteiger partial charge in [-0.15, -0.1) is 11.8 Å². The Kier molecular flexibility index (Phi) is 7.54. The summed E-state index contributed by atoms with van der Waals surface area (Å²) in [4.78, 5) is 11.6. The predicted molar refractivity (Wildman–Crippen MR) is 101 cm³/mol. The molecule has 0 saturated heterocycles. The van der Waals surface area contributed by atoms with Gasteiger partial charge in [0.05, 0.1) is 0 Å². The maximum atomic E-state index is 13.9. The van der Waals surface area contributed by atoms with Crippen LogP contribution in [0.25, 0.3) is 0 Å². The Morgan fingerprint density at radius 2 is 2.00 bits per heavy atom. The fourth-order valence-corrected chi connectivity index (χ4v) is 2.64. The van der Waals surface area contributed by atoms with Crippen molar-refractivity contribution in [2.45, 2.75) is 19.6 Å². The van der Waals surface area contributed by atoms with Crippen molar-refractivity contribution in [1.29, 1.82) is 0 Å². The van der Waals surface area contributed by atoms with E-state index in [4.69, 9.17) is 4.74 Å². The van der Waals surface area contributed by atoms with Crippen molar-refractivity contribution in [2.75, 3.05) is 6.54 Å². The van der Waals surface area contributed by atoms with Crippen LogP contribution >= 0.6 is 11.8 Å². The zero-order chi connectivity index (χ0) is 18.1. The number of hydrogen-bond donors (Lipinski definition) is 1. The molecule has 5 heteroatoms. The summed E-state index contributed by atoms with van der Waals surface area (Å²) in [5.41, 5.74) is 0.921. The van der Waals surface area contributed by atoms with Crippen molar-refractivity contribution in [2.24, 2.45) is 5.92 Å². The smallest absolute Gasteiger partial charge is 0.244 e. The average molecular weight is 359 g/mol. The van der Waals surface area contributed by atoms with E-state index >= 15 is 0 Å². The number of para-hydroxylation sites is 1. The fraction of sp³-hybridized carbons (Fsp3) is 0.250. The Hall–Kier alpha value is -2.27. The first-order chi connectivity index (χ1) is 12.0. The summed E-state index contributed by atoms with van der Waals surface area (Å²) in [5, 5.41) is 4.56. The van der Waals surface area contributed by atoms with Gasteiger partial charge in [-0.05, 0) is 41.2 Å². The van der Waals surface area contributed by atoms with Crippen LogP contribution < -0.4 is 10.1 Å². The molecule has 2 aromatic rings. The number of benzene rings is 2. The molecule has 0 radical (unpaired) electrons. The van der Waals surface area contributed by atoms with Crippen LogP contribution in [0, 0.1) is 11.7 Å².